The van der Waals surface area contributed by atoms with E-state index in [1.165, 1.54) is 4.88 Å². The van der Waals surface area contributed by atoms with Crippen LogP contribution in [-0.2, 0) is 13.0 Å². The molecule has 0 unspecified atom stereocenters. The van der Waals surface area contributed by atoms with E-state index in [1.54, 1.807) is 17.7 Å². The summed E-state index contributed by atoms with van der Waals surface area (Å²) in [5.41, 5.74) is 3.72. The van der Waals surface area contributed by atoms with Crippen LogP contribution in [-0.4, -0.2) is 16.0 Å². The Bertz CT molecular complexity index is 539. The third-order valence-electron chi connectivity index (χ3n) is 3.21. The average Bonchev–Trinajstić information content (AvgIpc) is 2.96. The molecule has 0 aliphatic rings. The van der Waals surface area contributed by atoms with Crippen molar-refractivity contribution in [2.45, 2.75) is 39.8 Å². The lowest BCUT2D eigenvalue weighted by Crippen LogP contribution is -2.32. The maximum atomic E-state index is 5.55. The van der Waals surface area contributed by atoms with E-state index in [4.69, 9.17) is 5.84 Å². The van der Waals surface area contributed by atoms with Crippen molar-refractivity contribution in [1.29, 1.82) is 0 Å². The summed E-state index contributed by atoms with van der Waals surface area (Å²) in [6.07, 6.45) is 2.40. The van der Waals surface area contributed by atoms with Crippen LogP contribution in [0.4, 0.5) is 11.6 Å². The number of aromatic nitrogens is 2. The van der Waals surface area contributed by atoms with Crippen LogP contribution in [0.25, 0.3) is 0 Å². The third kappa shape index (κ3) is 3.08. The number of nitrogens with zero attached hydrogens (tertiary/aromatic N) is 3. The fraction of sp³-hybridized carbons (Fsp3) is 0.429. The number of thiophene rings is 1. The second kappa shape index (κ2) is 6.67. The second-order valence-corrected chi connectivity index (χ2v) is 5.86. The maximum Gasteiger partial charge on any atom is 0.148 e. The Morgan fingerprint density at radius 1 is 1.40 bits per heavy atom. The van der Waals surface area contributed by atoms with E-state index in [2.05, 4.69) is 58.6 Å². The first kappa shape index (κ1) is 14.7. The molecule has 2 aromatic heterocycles. The molecule has 0 aliphatic carbocycles. The van der Waals surface area contributed by atoms with Gasteiger partial charge in [-0.3, -0.25) is 0 Å². The highest BCUT2D eigenvalue weighted by molar-refractivity contribution is 7.09. The van der Waals surface area contributed by atoms with E-state index >= 15 is 0 Å². The summed E-state index contributed by atoms with van der Waals surface area (Å²) in [5.74, 6) is 7.21. The smallest absolute Gasteiger partial charge is 0.148 e. The summed E-state index contributed by atoms with van der Waals surface area (Å²) < 4.78 is 0. The van der Waals surface area contributed by atoms with Gasteiger partial charge >= 0.3 is 0 Å². The minimum atomic E-state index is 0.350. The Kier molecular flexibility index (Phi) is 4.92. The summed E-state index contributed by atoms with van der Waals surface area (Å²) in [7, 11) is 0. The average molecular weight is 291 g/mol. The highest BCUT2D eigenvalue weighted by Crippen LogP contribution is 2.27. The normalized spacial score (nSPS) is 10.8. The van der Waals surface area contributed by atoms with Crippen molar-refractivity contribution >= 4 is 23.0 Å². The number of hydrazine groups is 1. The van der Waals surface area contributed by atoms with Crippen LogP contribution in [0.2, 0.25) is 0 Å². The Morgan fingerprint density at radius 2 is 2.20 bits per heavy atom. The van der Waals surface area contributed by atoms with Gasteiger partial charge in [0.05, 0.1) is 6.54 Å². The molecule has 3 N–H and O–H groups in total. The van der Waals surface area contributed by atoms with Gasteiger partial charge in [0.1, 0.15) is 18.0 Å². The molecule has 0 fully saturated rings. The molecule has 0 bridgehead atoms. The minimum absolute atomic E-state index is 0.350. The molecular formula is C14H21N5S. The number of hydrogen-bond donors (Lipinski definition) is 2. The predicted molar refractivity (Wildman–Crippen MR) is 84.9 cm³/mol. The molecule has 5 nitrogen and oxygen atoms in total. The summed E-state index contributed by atoms with van der Waals surface area (Å²) in [6.45, 7) is 7.28. The van der Waals surface area contributed by atoms with E-state index in [9.17, 15) is 0 Å². The minimum Gasteiger partial charge on any atom is -0.349 e. The van der Waals surface area contributed by atoms with Gasteiger partial charge in [0.25, 0.3) is 0 Å². The van der Waals surface area contributed by atoms with Crippen LogP contribution < -0.4 is 16.2 Å². The Morgan fingerprint density at radius 3 is 2.75 bits per heavy atom. The highest BCUT2D eigenvalue weighted by atomic mass is 32.1. The van der Waals surface area contributed by atoms with Gasteiger partial charge in [-0.15, -0.1) is 11.3 Å². The number of nitrogens with two attached hydrogens (primary N) is 1. The predicted octanol–water partition coefficient (Wildman–Crippen LogP) is 2.80. The van der Waals surface area contributed by atoms with Gasteiger partial charge in [-0.2, -0.15) is 0 Å². The molecule has 108 valence electrons. The maximum absolute atomic E-state index is 5.55. The van der Waals surface area contributed by atoms with Crippen LogP contribution in [0, 0.1) is 0 Å². The summed E-state index contributed by atoms with van der Waals surface area (Å²) in [6, 6.07) is 4.57. The molecule has 0 aromatic carbocycles. The van der Waals surface area contributed by atoms with E-state index in [0.29, 0.717) is 11.9 Å². The SMILES string of the molecule is CCc1c(NN)ncnc1N(Cc1cccs1)C(C)C. The van der Waals surface area contributed by atoms with Crippen LogP contribution in [0.1, 0.15) is 31.2 Å². The standard InChI is InChI=1S/C14H21N5S/c1-4-12-13(18-15)16-9-17-14(12)19(10(2)3)8-11-6-5-7-20-11/h5-7,9-10H,4,8,15H2,1-3H3,(H,16,17,18). The lowest BCUT2D eigenvalue weighted by molar-refractivity contribution is 0.671. The first-order valence-electron chi connectivity index (χ1n) is 6.76. The van der Waals surface area contributed by atoms with Crippen molar-refractivity contribution in [2.24, 2.45) is 5.84 Å². The molecule has 2 aromatic rings. The van der Waals surface area contributed by atoms with Gasteiger partial charge in [0.15, 0.2) is 0 Å². The second-order valence-electron chi connectivity index (χ2n) is 4.82. The van der Waals surface area contributed by atoms with Crippen molar-refractivity contribution in [3.63, 3.8) is 0 Å². The van der Waals surface area contributed by atoms with Gasteiger partial charge in [-0.1, -0.05) is 13.0 Å². The van der Waals surface area contributed by atoms with Crippen molar-refractivity contribution < 1.29 is 0 Å². The van der Waals surface area contributed by atoms with Gasteiger partial charge in [-0.25, -0.2) is 15.8 Å². The van der Waals surface area contributed by atoms with Gasteiger partial charge < -0.3 is 10.3 Å². The number of hydrogen-bond acceptors (Lipinski definition) is 6. The van der Waals surface area contributed by atoms with Crippen molar-refractivity contribution in [3.05, 3.63) is 34.3 Å². The van der Waals surface area contributed by atoms with Crippen LogP contribution in [0.3, 0.4) is 0 Å². The quantitative estimate of drug-likeness (QED) is 0.633. The molecule has 20 heavy (non-hydrogen) atoms. The topological polar surface area (TPSA) is 67.1 Å². The van der Waals surface area contributed by atoms with Crippen LogP contribution in [0.15, 0.2) is 23.8 Å². The zero-order chi connectivity index (χ0) is 14.5. The Balaban J connectivity index is 2.38. The zero-order valence-corrected chi connectivity index (χ0v) is 12.9. The van der Waals surface area contributed by atoms with E-state index in [-0.39, 0.29) is 0 Å². The van der Waals surface area contributed by atoms with Crippen LogP contribution >= 0.6 is 11.3 Å². The molecule has 0 saturated heterocycles. The van der Waals surface area contributed by atoms with E-state index < -0.39 is 0 Å². The van der Waals surface area contributed by atoms with E-state index in [1.807, 2.05) is 0 Å². The van der Waals surface area contributed by atoms with Crippen molar-refractivity contribution in [2.75, 3.05) is 10.3 Å². The fourth-order valence-electron chi connectivity index (χ4n) is 2.17. The first-order valence-corrected chi connectivity index (χ1v) is 7.64. The van der Waals surface area contributed by atoms with Gasteiger partial charge in [0, 0.05) is 16.5 Å². The van der Waals surface area contributed by atoms with E-state index in [0.717, 1.165) is 24.3 Å². The summed E-state index contributed by atoms with van der Waals surface area (Å²) in [4.78, 5) is 12.3. The van der Waals surface area contributed by atoms with Crippen molar-refractivity contribution in [1.82, 2.24) is 9.97 Å². The molecule has 6 heteroatoms. The molecule has 0 amide bonds. The van der Waals surface area contributed by atoms with Crippen molar-refractivity contribution in [3.8, 4) is 0 Å². The lowest BCUT2D eigenvalue weighted by Gasteiger charge is -2.29. The molecule has 0 spiro atoms. The molecule has 0 saturated carbocycles. The third-order valence-corrected chi connectivity index (χ3v) is 4.08. The largest absolute Gasteiger partial charge is 0.349 e. The van der Waals surface area contributed by atoms with Gasteiger partial charge in [0.2, 0.25) is 0 Å². The molecule has 2 rings (SSSR count). The molecule has 0 aliphatic heterocycles. The first-order chi connectivity index (χ1) is 9.67. The molecule has 0 atom stereocenters. The number of nitrogen functional groups attached to an aromatic ring is 1. The number of nitrogens with one attached hydrogen (secondary N) is 1. The van der Waals surface area contributed by atoms with Gasteiger partial charge in [-0.05, 0) is 31.7 Å². The number of anilines is 2. The lowest BCUT2D eigenvalue weighted by atomic mass is 10.1. The van der Waals surface area contributed by atoms with Crippen LogP contribution in [0.5, 0.6) is 0 Å². The zero-order valence-electron chi connectivity index (χ0n) is 12.1. The fourth-order valence-corrected chi connectivity index (χ4v) is 2.88. The Hall–Kier alpha value is -1.66. The Labute approximate surface area is 123 Å². The number of rotatable bonds is 6. The molecule has 0 radical (unpaired) electrons. The summed E-state index contributed by atoms with van der Waals surface area (Å²) in [5, 5.41) is 2.10. The molecular weight excluding hydrogens is 270 g/mol. The monoisotopic (exact) mass is 291 g/mol. The highest BCUT2D eigenvalue weighted by Gasteiger charge is 2.19. The molecule has 2 heterocycles. The summed E-state index contributed by atoms with van der Waals surface area (Å²) >= 11 is 1.76.